The number of ether oxygens (including phenoxy) is 1. The van der Waals surface area contributed by atoms with Gasteiger partial charge >= 0.3 is 0 Å². The van der Waals surface area contributed by atoms with Crippen molar-refractivity contribution in [2.75, 3.05) is 24.3 Å². The molecule has 0 saturated carbocycles. The van der Waals surface area contributed by atoms with Crippen LogP contribution in [0.4, 0.5) is 5.13 Å². The first-order valence-electron chi connectivity index (χ1n) is 4.54. The minimum absolute atomic E-state index is 0.128. The summed E-state index contributed by atoms with van der Waals surface area (Å²) in [6.07, 6.45) is 0. The van der Waals surface area contributed by atoms with Crippen molar-refractivity contribution in [3.63, 3.8) is 0 Å². The second kappa shape index (κ2) is 6.76. The Bertz CT molecular complexity index is 317. The highest BCUT2D eigenvalue weighted by Gasteiger charge is 2.05. The highest BCUT2D eigenvalue weighted by Crippen LogP contribution is 2.19. The normalized spacial score (nSPS) is 10.3. The number of thioether (sulfide) groups is 1. The lowest BCUT2D eigenvalue weighted by Gasteiger charge is -1.97. The molecule has 15 heavy (non-hydrogen) atoms. The average molecular weight is 247 g/mol. The lowest BCUT2D eigenvalue weighted by Crippen LogP contribution is -2.05. The first-order valence-corrected chi connectivity index (χ1v) is 6.30. The van der Waals surface area contributed by atoms with E-state index in [0.717, 1.165) is 12.4 Å². The Morgan fingerprint density at radius 1 is 1.67 bits per heavy atom. The SMILES string of the molecule is CCOCCSc1nsc(NC(C)=O)n1. The van der Waals surface area contributed by atoms with Crippen LogP contribution in [0.15, 0.2) is 5.16 Å². The van der Waals surface area contributed by atoms with Crippen molar-refractivity contribution in [1.82, 2.24) is 9.36 Å². The number of hydrogen-bond donors (Lipinski definition) is 1. The largest absolute Gasteiger partial charge is 0.381 e. The number of nitrogens with one attached hydrogen (secondary N) is 1. The lowest BCUT2D eigenvalue weighted by molar-refractivity contribution is -0.114. The molecule has 0 aromatic carbocycles. The van der Waals surface area contributed by atoms with Crippen molar-refractivity contribution in [2.24, 2.45) is 0 Å². The maximum absolute atomic E-state index is 10.7. The molecule has 84 valence electrons. The van der Waals surface area contributed by atoms with Gasteiger partial charge in [0.25, 0.3) is 0 Å². The Morgan fingerprint density at radius 3 is 3.13 bits per heavy atom. The summed E-state index contributed by atoms with van der Waals surface area (Å²) in [6, 6.07) is 0. The summed E-state index contributed by atoms with van der Waals surface area (Å²) < 4.78 is 9.27. The molecule has 0 atom stereocenters. The summed E-state index contributed by atoms with van der Waals surface area (Å²) in [5.41, 5.74) is 0. The number of rotatable bonds is 6. The molecule has 0 aliphatic carbocycles. The third-order valence-corrected chi connectivity index (χ3v) is 2.91. The minimum Gasteiger partial charge on any atom is -0.381 e. The molecule has 0 radical (unpaired) electrons. The predicted octanol–water partition coefficient (Wildman–Crippen LogP) is 1.63. The maximum atomic E-state index is 10.7. The summed E-state index contributed by atoms with van der Waals surface area (Å²) in [7, 11) is 0. The van der Waals surface area contributed by atoms with Crippen LogP contribution in [0, 0.1) is 0 Å². The van der Waals surface area contributed by atoms with E-state index in [-0.39, 0.29) is 5.91 Å². The van der Waals surface area contributed by atoms with E-state index in [1.54, 1.807) is 0 Å². The molecule has 1 rings (SSSR count). The van der Waals surface area contributed by atoms with Gasteiger partial charge in [-0.2, -0.15) is 9.36 Å². The van der Waals surface area contributed by atoms with Gasteiger partial charge in [0, 0.05) is 30.8 Å². The first kappa shape index (κ1) is 12.4. The van der Waals surface area contributed by atoms with E-state index in [0.29, 0.717) is 16.9 Å². The zero-order valence-corrected chi connectivity index (χ0v) is 10.3. The number of carbonyl (C=O) groups is 1. The summed E-state index contributed by atoms with van der Waals surface area (Å²) >= 11 is 2.71. The molecular formula is C8H13N3O2S2. The third-order valence-electron chi connectivity index (χ3n) is 1.35. The number of amides is 1. The zero-order valence-electron chi connectivity index (χ0n) is 8.65. The number of nitrogens with zero attached hydrogens (tertiary/aromatic N) is 2. The van der Waals surface area contributed by atoms with Crippen LogP contribution in [-0.2, 0) is 9.53 Å². The van der Waals surface area contributed by atoms with Gasteiger partial charge < -0.3 is 10.1 Å². The van der Waals surface area contributed by atoms with E-state index in [9.17, 15) is 4.79 Å². The molecule has 0 unspecified atom stereocenters. The van der Waals surface area contributed by atoms with Gasteiger partial charge in [-0.05, 0) is 6.92 Å². The van der Waals surface area contributed by atoms with E-state index in [2.05, 4.69) is 14.7 Å². The van der Waals surface area contributed by atoms with E-state index < -0.39 is 0 Å². The topological polar surface area (TPSA) is 64.1 Å². The fraction of sp³-hybridized carbons (Fsp3) is 0.625. The smallest absolute Gasteiger partial charge is 0.223 e. The third kappa shape index (κ3) is 5.10. The van der Waals surface area contributed by atoms with Crippen molar-refractivity contribution in [3.05, 3.63) is 0 Å². The molecule has 1 aromatic heterocycles. The molecule has 0 aliphatic rings. The van der Waals surface area contributed by atoms with Crippen LogP contribution < -0.4 is 5.32 Å². The molecule has 1 heterocycles. The lowest BCUT2D eigenvalue weighted by atomic mass is 10.7. The molecule has 0 aliphatic heterocycles. The molecule has 0 saturated heterocycles. The number of carbonyl (C=O) groups excluding carboxylic acids is 1. The Kier molecular flexibility index (Phi) is 5.59. The van der Waals surface area contributed by atoms with E-state index in [1.807, 2.05) is 6.92 Å². The summed E-state index contributed by atoms with van der Waals surface area (Å²) in [5, 5.41) is 3.81. The molecule has 0 bridgehead atoms. The first-order chi connectivity index (χ1) is 7.22. The Morgan fingerprint density at radius 2 is 2.47 bits per heavy atom. The molecule has 0 spiro atoms. The van der Waals surface area contributed by atoms with Crippen molar-refractivity contribution in [1.29, 1.82) is 0 Å². The molecular weight excluding hydrogens is 234 g/mol. The van der Waals surface area contributed by atoms with Gasteiger partial charge in [0.2, 0.25) is 16.2 Å². The van der Waals surface area contributed by atoms with Gasteiger partial charge in [0.05, 0.1) is 6.61 Å². The minimum atomic E-state index is -0.128. The summed E-state index contributed by atoms with van der Waals surface area (Å²) in [5.74, 6) is 0.696. The van der Waals surface area contributed by atoms with Gasteiger partial charge in [-0.25, -0.2) is 0 Å². The van der Waals surface area contributed by atoms with Gasteiger partial charge in [-0.15, -0.1) is 0 Å². The van der Waals surface area contributed by atoms with Crippen LogP contribution in [0.5, 0.6) is 0 Å². The van der Waals surface area contributed by atoms with Gasteiger partial charge in [-0.1, -0.05) is 11.8 Å². The number of hydrogen-bond acceptors (Lipinski definition) is 6. The maximum Gasteiger partial charge on any atom is 0.223 e. The van der Waals surface area contributed by atoms with Crippen molar-refractivity contribution in [2.45, 2.75) is 19.0 Å². The van der Waals surface area contributed by atoms with Crippen LogP contribution in [0.1, 0.15) is 13.8 Å². The molecule has 1 aromatic rings. The second-order valence-electron chi connectivity index (χ2n) is 2.61. The van der Waals surface area contributed by atoms with Crippen LogP contribution in [0.3, 0.4) is 0 Å². The van der Waals surface area contributed by atoms with Gasteiger partial charge in [0.1, 0.15) is 0 Å². The van der Waals surface area contributed by atoms with Crippen LogP contribution in [0.2, 0.25) is 0 Å². The van der Waals surface area contributed by atoms with Crippen LogP contribution >= 0.6 is 23.3 Å². The summed E-state index contributed by atoms with van der Waals surface area (Å²) in [4.78, 5) is 14.9. The fourth-order valence-corrected chi connectivity index (χ4v) is 2.25. The highest BCUT2D eigenvalue weighted by atomic mass is 32.2. The standard InChI is InChI=1S/C8H13N3O2S2/c1-3-13-4-5-14-8-10-7(15-11-8)9-6(2)12/h3-5H2,1-2H3,(H,9,10,11,12). The average Bonchev–Trinajstić information content (AvgIpc) is 2.59. The van der Waals surface area contributed by atoms with E-state index >= 15 is 0 Å². The zero-order chi connectivity index (χ0) is 11.1. The van der Waals surface area contributed by atoms with Crippen LogP contribution in [-0.4, -0.2) is 34.2 Å². The second-order valence-corrected chi connectivity index (χ2v) is 4.42. The molecule has 0 fully saturated rings. The molecule has 1 N–H and O–H groups in total. The van der Waals surface area contributed by atoms with Crippen molar-refractivity contribution in [3.8, 4) is 0 Å². The van der Waals surface area contributed by atoms with E-state index in [4.69, 9.17) is 4.74 Å². The highest BCUT2D eigenvalue weighted by molar-refractivity contribution is 7.99. The molecule has 7 heteroatoms. The Hall–Kier alpha value is -0.660. The fourth-order valence-electron chi connectivity index (χ4n) is 0.806. The molecule has 5 nitrogen and oxygen atoms in total. The Labute approximate surface area is 96.8 Å². The summed E-state index contributed by atoms with van der Waals surface area (Å²) in [6.45, 7) is 4.82. The monoisotopic (exact) mass is 247 g/mol. The number of aromatic nitrogens is 2. The van der Waals surface area contributed by atoms with Crippen molar-refractivity contribution >= 4 is 34.3 Å². The van der Waals surface area contributed by atoms with Gasteiger partial charge in [0.15, 0.2) is 0 Å². The predicted molar refractivity (Wildman–Crippen MR) is 61.4 cm³/mol. The van der Waals surface area contributed by atoms with Crippen LogP contribution in [0.25, 0.3) is 0 Å². The number of anilines is 1. The van der Waals surface area contributed by atoms with E-state index in [1.165, 1.54) is 30.2 Å². The van der Waals surface area contributed by atoms with Gasteiger partial charge in [-0.3, -0.25) is 4.79 Å². The van der Waals surface area contributed by atoms with Crippen molar-refractivity contribution < 1.29 is 9.53 Å². The quantitative estimate of drug-likeness (QED) is 0.611. The Balaban J connectivity index is 2.29. The molecule has 1 amide bonds.